The second-order valence-electron chi connectivity index (χ2n) is 3.91. The molecule has 12 heteroatoms. The van der Waals surface area contributed by atoms with Gasteiger partial charge < -0.3 is 0 Å². The van der Waals surface area contributed by atoms with E-state index in [1.165, 1.54) is 0 Å². The van der Waals surface area contributed by atoms with Crippen molar-refractivity contribution in [1.82, 2.24) is 0 Å². The summed E-state index contributed by atoms with van der Waals surface area (Å²) in [4.78, 5) is 0. The molecular formula is C9H14B4O8. The third kappa shape index (κ3) is 9.86. The van der Waals surface area contributed by atoms with Gasteiger partial charge in [0, 0.05) is 0 Å². The van der Waals surface area contributed by atoms with Crippen LogP contribution in [0.15, 0.2) is 11.6 Å². The van der Waals surface area contributed by atoms with E-state index in [9.17, 15) is 18.8 Å². The normalized spacial score (nSPS) is 12.7. The number of hydrogen-bond donors (Lipinski definition) is 0. The monoisotopic (exact) mass is 294 g/mol. The molecule has 0 rings (SSSR count). The van der Waals surface area contributed by atoms with Gasteiger partial charge >= 0.3 is 124 Å². The Morgan fingerprint density at radius 2 is 1.48 bits per heavy atom. The fourth-order valence-corrected chi connectivity index (χ4v) is 1.59. The fraction of sp³-hybridized carbons (Fsp3) is 0.778. The van der Waals surface area contributed by atoms with Gasteiger partial charge in [0.1, 0.15) is 0 Å². The van der Waals surface area contributed by atoms with Crippen molar-refractivity contribution in [3.05, 3.63) is 11.6 Å². The summed E-state index contributed by atoms with van der Waals surface area (Å²) < 4.78 is 59.8. The predicted molar refractivity (Wildman–Crippen MR) is 70.4 cm³/mol. The van der Waals surface area contributed by atoms with Crippen LogP contribution in [0.5, 0.6) is 0 Å². The summed E-state index contributed by atoms with van der Waals surface area (Å²) in [5, 5.41) is 0. The van der Waals surface area contributed by atoms with E-state index in [1.54, 1.807) is 13.0 Å². The van der Waals surface area contributed by atoms with E-state index >= 15 is 0 Å². The molecule has 21 heavy (non-hydrogen) atoms. The van der Waals surface area contributed by atoms with Crippen LogP contribution in [-0.2, 0) is 37.4 Å². The molecule has 0 amide bonds. The summed E-state index contributed by atoms with van der Waals surface area (Å²) in [5.74, 6) is 0. The van der Waals surface area contributed by atoms with Gasteiger partial charge in [-0.2, -0.15) is 0 Å². The summed E-state index contributed by atoms with van der Waals surface area (Å²) >= 11 is 0. The third-order valence-electron chi connectivity index (χ3n) is 2.56. The van der Waals surface area contributed by atoms with E-state index < -0.39 is 12.2 Å². The third-order valence-corrected chi connectivity index (χ3v) is 2.56. The average molecular weight is 293 g/mol. The van der Waals surface area contributed by atoms with Crippen molar-refractivity contribution in [3.63, 3.8) is 0 Å². The van der Waals surface area contributed by atoms with Gasteiger partial charge in [0.2, 0.25) is 0 Å². The molecule has 110 valence electrons. The van der Waals surface area contributed by atoms with Crippen molar-refractivity contribution in [2.24, 2.45) is 0 Å². The molecule has 0 aliphatic heterocycles. The number of hydrogen-bond acceptors (Lipinski definition) is 8. The molecule has 0 aliphatic rings. The molecule has 0 fully saturated rings. The van der Waals surface area contributed by atoms with Crippen LogP contribution in [0.4, 0.5) is 0 Å². The van der Waals surface area contributed by atoms with Crippen LogP contribution < -0.4 is 0 Å². The zero-order chi connectivity index (χ0) is 15.9. The van der Waals surface area contributed by atoms with Crippen LogP contribution in [-0.4, -0.2) is 54.8 Å². The Morgan fingerprint density at radius 3 is 2.00 bits per heavy atom. The van der Waals surface area contributed by atoms with Crippen LogP contribution in [0.25, 0.3) is 0 Å². The fourth-order valence-electron chi connectivity index (χ4n) is 1.59. The molecule has 8 nitrogen and oxygen atoms in total. The Bertz CT molecular complexity index is 364. The molecule has 0 aromatic rings. The Kier molecular flexibility index (Phi) is 12.4. The van der Waals surface area contributed by atoms with E-state index in [0.29, 0.717) is 20.3 Å². The van der Waals surface area contributed by atoms with Gasteiger partial charge in [0.05, 0.1) is 0 Å². The molecule has 0 aromatic carbocycles. The molecule has 0 saturated carbocycles. The molecule has 0 spiro atoms. The van der Waals surface area contributed by atoms with Crippen LogP contribution >= 0.6 is 0 Å². The van der Waals surface area contributed by atoms with Gasteiger partial charge in [0.25, 0.3) is 0 Å². The molecule has 0 radical (unpaired) electrons. The summed E-state index contributed by atoms with van der Waals surface area (Å²) in [6, 6.07) is 0. The zero-order valence-corrected chi connectivity index (χ0v) is 11.6. The van der Waals surface area contributed by atoms with Gasteiger partial charge in [0.15, 0.2) is 0 Å². The molecule has 2 unspecified atom stereocenters. The molecule has 0 N–H and O–H groups in total. The Balaban J connectivity index is 4.65. The molecular weight excluding hydrogens is 279 g/mol. The van der Waals surface area contributed by atoms with Crippen LogP contribution in [0, 0.1) is 0 Å². The van der Waals surface area contributed by atoms with Gasteiger partial charge in [-0.1, -0.05) is 0 Å². The van der Waals surface area contributed by atoms with E-state index in [-0.39, 0.29) is 40.8 Å². The first-order valence-electron chi connectivity index (χ1n) is 6.16. The molecule has 2 atom stereocenters. The first-order chi connectivity index (χ1) is 10.2. The SMILES string of the molecule is CC(=CC(CCOB=O)OB=O)C(CCOB=O)OB=O. The maximum absolute atomic E-state index is 10.5. The summed E-state index contributed by atoms with van der Waals surface area (Å²) in [7, 11) is 1.16. The average Bonchev–Trinajstić information content (AvgIpc) is 2.47. The van der Waals surface area contributed by atoms with E-state index in [4.69, 9.17) is 9.31 Å². The minimum absolute atomic E-state index is 0.0826. The first-order valence-corrected chi connectivity index (χ1v) is 6.16. The second-order valence-corrected chi connectivity index (χ2v) is 3.91. The standard InChI is InChI=1S/C9H14B4O8/c1-7(9(21-13-17)3-5-19-11-15)6-8(20-12-16)2-4-18-10-14/h6,8-9H,2-5H2,1H3. The molecule has 0 aromatic heterocycles. The molecule has 0 aliphatic carbocycles. The van der Waals surface area contributed by atoms with E-state index in [2.05, 4.69) is 9.31 Å². The maximum atomic E-state index is 10.5. The first kappa shape index (κ1) is 19.4. The summed E-state index contributed by atoms with van der Waals surface area (Å²) in [6.07, 6.45) is 0.906. The quantitative estimate of drug-likeness (QED) is 0.237. The van der Waals surface area contributed by atoms with Crippen LogP contribution in [0.1, 0.15) is 19.8 Å². The zero-order valence-electron chi connectivity index (χ0n) is 11.6. The van der Waals surface area contributed by atoms with Crippen LogP contribution in [0.3, 0.4) is 0 Å². The molecule has 0 heterocycles. The Hall–Kier alpha value is -1.60. The van der Waals surface area contributed by atoms with Gasteiger partial charge in [-0.05, 0) is 0 Å². The topological polar surface area (TPSA) is 105 Å². The number of rotatable bonds is 14. The summed E-state index contributed by atoms with van der Waals surface area (Å²) in [6.45, 7) is 1.84. The van der Waals surface area contributed by atoms with Crippen molar-refractivity contribution >= 4 is 29.4 Å². The Labute approximate surface area is 124 Å². The molecule has 0 bridgehead atoms. The van der Waals surface area contributed by atoms with Crippen molar-refractivity contribution in [2.45, 2.75) is 32.0 Å². The van der Waals surface area contributed by atoms with Crippen molar-refractivity contribution in [3.8, 4) is 0 Å². The van der Waals surface area contributed by atoms with Crippen molar-refractivity contribution < 1.29 is 37.4 Å². The van der Waals surface area contributed by atoms with E-state index in [1.807, 2.05) is 0 Å². The summed E-state index contributed by atoms with van der Waals surface area (Å²) in [5.41, 5.74) is 0.620. The minimum atomic E-state index is -0.618. The van der Waals surface area contributed by atoms with E-state index in [0.717, 1.165) is 0 Å². The molecule has 0 saturated heterocycles. The van der Waals surface area contributed by atoms with Gasteiger partial charge in [-0.25, -0.2) is 0 Å². The predicted octanol–water partition coefficient (Wildman–Crippen LogP) is -0.625. The van der Waals surface area contributed by atoms with Gasteiger partial charge in [-0.3, -0.25) is 0 Å². The Morgan fingerprint density at radius 1 is 0.905 bits per heavy atom. The van der Waals surface area contributed by atoms with Crippen LogP contribution in [0.2, 0.25) is 0 Å². The van der Waals surface area contributed by atoms with Gasteiger partial charge in [-0.15, -0.1) is 0 Å². The second kappa shape index (κ2) is 13.4. The van der Waals surface area contributed by atoms with Crippen molar-refractivity contribution in [1.29, 1.82) is 0 Å². The van der Waals surface area contributed by atoms with Crippen molar-refractivity contribution in [2.75, 3.05) is 13.2 Å².